The van der Waals surface area contributed by atoms with Crippen molar-refractivity contribution in [3.05, 3.63) is 0 Å². The van der Waals surface area contributed by atoms with Crippen LogP contribution in [0.4, 0.5) is 0 Å². The van der Waals surface area contributed by atoms with Crippen LogP contribution in [0.1, 0.15) is 71.6 Å². The smallest absolute Gasteiger partial charge is 0.0327 e. The van der Waals surface area contributed by atoms with Crippen molar-refractivity contribution in [1.29, 1.82) is 0 Å². The Labute approximate surface area is 147 Å². The molecular weight excluding hydrogens is 388 g/mol. The molecule has 4 fully saturated rings. The number of hydrogen-bond donors (Lipinski definition) is 0. The van der Waals surface area contributed by atoms with Gasteiger partial charge >= 0.3 is 0 Å². The Morgan fingerprint density at radius 3 is 2.43 bits per heavy atom. The van der Waals surface area contributed by atoms with Crippen LogP contribution < -0.4 is 0 Å². The van der Waals surface area contributed by atoms with Crippen molar-refractivity contribution in [1.82, 2.24) is 0 Å². The summed E-state index contributed by atoms with van der Waals surface area (Å²) in [6.45, 7) is 5.27. The van der Waals surface area contributed by atoms with Gasteiger partial charge in [-0.3, -0.25) is 0 Å². The highest BCUT2D eigenvalue weighted by Crippen LogP contribution is 2.67. The summed E-state index contributed by atoms with van der Waals surface area (Å²) >= 11 is 8.03. The molecular formula is C19H30Br2. The summed E-state index contributed by atoms with van der Waals surface area (Å²) in [5.41, 5.74) is 1.24. The fraction of sp³-hybridized carbons (Fsp3) is 1.00. The van der Waals surface area contributed by atoms with Crippen LogP contribution in [0.15, 0.2) is 0 Å². The van der Waals surface area contributed by atoms with Gasteiger partial charge in [0, 0.05) is 9.65 Å². The Hall–Kier alpha value is 0.960. The van der Waals surface area contributed by atoms with E-state index in [1.54, 1.807) is 0 Å². The van der Waals surface area contributed by atoms with Gasteiger partial charge in [-0.15, -0.1) is 0 Å². The molecule has 0 aromatic carbocycles. The minimum Gasteiger partial charge on any atom is -0.0878 e. The summed E-state index contributed by atoms with van der Waals surface area (Å²) in [5, 5.41) is 0. The van der Waals surface area contributed by atoms with E-state index in [2.05, 4.69) is 45.7 Å². The Morgan fingerprint density at radius 2 is 1.62 bits per heavy atom. The van der Waals surface area contributed by atoms with Gasteiger partial charge in [-0.1, -0.05) is 58.5 Å². The maximum Gasteiger partial charge on any atom is 0.0327 e. The largest absolute Gasteiger partial charge is 0.0878 e. The van der Waals surface area contributed by atoms with Gasteiger partial charge in [-0.2, -0.15) is 0 Å². The number of fused-ring (bicyclic) bond motifs is 5. The molecule has 0 heterocycles. The van der Waals surface area contributed by atoms with Crippen LogP contribution in [0.2, 0.25) is 0 Å². The molecule has 4 saturated carbocycles. The van der Waals surface area contributed by atoms with Gasteiger partial charge < -0.3 is 0 Å². The minimum absolute atomic E-state index is 0.549. The van der Waals surface area contributed by atoms with Crippen LogP contribution in [-0.4, -0.2) is 9.65 Å². The predicted molar refractivity (Wildman–Crippen MR) is 97.2 cm³/mol. The minimum atomic E-state index is 0.549. The third-order valence-corrected chi connectivity index (χ3v) is 11.7. The zero-order valence-electron chi connectivity index (χ0n) is 13.6. The van der Waals surface area contributed by atoms with E-state index in [1.807, 2.05) is 0 Å². The lowest BCUT2D eigenvalue weighted by Gasteiger charge is -2.60. The molecule has 0 amide bonds. The van der Waals surface area contributed by atoms with E-state index in [0.29, 0.717) is 20.5 Å². The van der Waals surface area contributed by atoms with Gasteiger partial charge in [-0.25, -0.2) is 0 Å². The van der Waals surface area contributed by atoms with E-state index in [-0.39, 0.29) is 0 Å². The van der Waals surface area contributed by atoms with Crippen molar-refractivity contribution < 1.29 is 0 Å². The highest BCUT2D eigenvalue weighted by atomic mass is 79.9. The highest BCUT2D eigenvalue weighted by Gasteiger charge is 2.61. The van der Waals surface area contributed by atoms with Crippen molar-refractivity contribution >= 4 is 31.9 Å². The topological polar surface area (TPSA) is 0 Å². The summed E-state index contributed by atoms with van der Waals surface area (Å²) in [5.74, 6) is 4.07. The fourth-order valence-corrected chi connectivity index (χ4v) is 9.00. The van der Waals surface area contributed by atoms with Gasteiger partial charge in [0.05, 0.1) is 0 Å². The average molecular weight is 418 g/mol. The molecule has 0 bridgehead atoms. The maximum absolute atomic E-state index is 4.05. The standard InChI is InChI=1S/C19H30Br2/c1-18-9-4-3-5-12(18)6-7-13-14(18)8-10-19(2)15(13)11-16(20)17(19)21/h12-17H,3-11H2,1-2H3. The first kappa shape index (κ1) is 15.5. The Balaban J connectivity index is 1.65. The summed E-state index contributed by atoms with van der Waals surface area (Å²) in [7, 11) is 0. The number of hydrogen-bond acceptors (Lipinski definition) is 0. The molecule has 21 heavy (non-hydrogen) atoms. The zero-order valence-corrected chi connectivity index (χ0v) is 16.8. The first-order valence-corrected chi connectivity index (χ1v) is 11.1. The van der Waals surface area contributed by atoms with Gasteiger partial charge in [-0.05, 0) is 79.4 Å². The molecule has 8 atom stereocenters. The zero-order chi connectivity index (χ0) is 14.8. The summed E-state index contributed by atoms with van der Waals surface area (Å²) in [6.07, 6.45) is 13.5. The molecule has 4 aliphatic rings. The normalized spacial score (nSPS) is 60.0. The Morgan fingerprint density at radius 1 is 0.810 bits per heavy atom. The SMILES string of the molecule is CC12CCCCC1CCC1C2CCC2(C)C(Br)C(Br)CC12. The molecule has 8 unspecified atom stereocenters. The molecule has 0 N–H and O–H groups in total. The van der Waals surface area contributed by atoms with Crippen molar-refractivity contribution in [2.24, 2.45) is 34.5 Å². The predicted octanol–water partition coefficient (Wildman–Crippen LogP) is 6.56. The highest BCUT2D eigenvalue weighted by molar-refractivity contribution is 9.12. The molecule has 120 valence electrons. The molecule has 0 radical (unpaired) electrons. The monoisotopic (exact) mass is 416 g/mol. The van der Waals surface area contributed by atoms with Crippen LogP contribution >= 0.6 is 31.9 Å². The first-order valence-electron chi connectivity index (χ1n) is 9.25. The molecule has 0 aromatic heterocycles. The van der Waals surface area contributed by atoms with Gasteiger partial charge in [0.25, 0.3) is 0 Å². The van der Waals surface area contributed by atoms with E-state index in [1.165, 1.54) is 57.8 Å². The lowest BCUT2D eigenvalue weighted by molar-refractivity contribution is -0.102. The summed E-state index contributed by atoms with van der Waals surface area (Å²) in [6, 6.07) is 0. The van der Waals surface area contributed by atoms with Crippen LogP contribution in [0, 0.1) is 34.5 Å². The molecule has 2 heteroatoms. The molecule has 0 saturated heterocycles. The van der Waals surface area contributed by atoms with E-state index in [9.17, 15) is 0 Å². The Kier molecular flexibility index (Phi) is 3.86. The fourth-order valence-electron chi connectivity index (χ4n) is 7.20. The third-order valence-electron chi connectivity index (χ3n) is 8.45. The second-order valence-electron chi connectivity index (χ2n) is 9.10. The second-order valence-corrected chi connectivity index (χ2v) is 11.3. The maximum atomic E-state index is 4.05. The van der Waals surface area contributed by atoms with E-state index >= 15 is 0 Å². The van der Waals surface area contributed by atoms with E-state index < -0.39 is 0 Å². The molecule has 0 aromatic rings. The van der Waals surface area contributed by atoms with Crippen LogP contribution in [0.3, 0.4) is 0 Å². The van der Waals surface area contributed by atoms with Crippen LogP contribution in [0.5, 0.6) is 0 Å². The van der Waals surface area contributed by atoms with Crippen molar-refractivity contribution in [2.75, 3.05) is 0 Å². The van der Waals surface area contributed by atoms with Crippen molar-refractivity contribution in [2.45, 2.75) is 81.3 Å². The lowest BCUT2D eigenvalue weighted by atomic mass is 9.45. The Bertz CT molecular complexity index is 422. The molecule has 4 rings (SSSR count). The molecule has 0 nitrogen and oxygen atoms in total. The van der Waals surface area contributed by atoms with Crippen LogP contribution in [-0.2, 0) is 0 Å². The average Bonchev–Trinajstić information content (AvgIpc) is 2.70. The van der Waals surface area contributed by atoms with Gasteiger partial charge in [0.1, 0.15) is 0 Å². The molecule has 0 aliphatic heterocycles. The van der Waals surface area contributed by atoms with E-state index in [4.69, 9.17) is 0 Å². The van der Waals surface area contributed by atoms with Gasteiger partial charge in [0.15, 0.2) is 0 Å². The second kappa shape index (κ2) is 5.23. The lowest BCUT2D eigenvalue weighted by Crippen LogP contribution is -2.52. The van der Waals surface area contributed by atoms with Crippen LogP contribution in [0.25, 0.3) is 0 Å². The number of halogens is 2. The van der Waals surface area contributed by atoms with Crippen molar-refractivity contribution in [3.63, 3.8) is 0 Å². The van der Waals surface area contributed by atoms with Gasteiger partial charge in [0.2, 0.25) is 0 Å². The van der Waals surface area contributed by atoms with E-state index in [0.717, 1.165) is 23.7 Å². The first-order chi connectivity index (χ1) is 9.97. The third kappa shape index (κ3) is 2.10. The summed E-state index contributed by atoms with van der Waals surface area (Å²) < 4.78 is 0. The number of rotatable bonds is 0. The molecule has 4 aliphatic carbocycles. The van der Waals surface area contributed by atoms with Crippen molar-refractivity contribution in [3.8, 4) is 0 Å². The number of alkyl halides is 2. The molecule has 0 spiro atoms. The quantitative estimate of drug-likeness (QED) is 0.391. The summed E-state index contributed by atoms with van der Waals surface area (Å²) in [4.78, 5) is 1.39.